The van der Waals surface area contributed by atoms with Gasteiger partial charge in [-0.2, -0.15) is 0 Å². The number of ether oxygens (including phenoxy) is 1. The Morgan fingerprint density at radius 3 is 2.78 bits per heavy atom. The number of nitrogens with one attached hydrogen (secondary N) is 2. The summed E-state index contributed by atoms with van der Waals surface area (Å²) < 4.78 is 5.37. The second-order valence-electron chi connectivity index (χ2n) is 4.72. The van der Waals surface area contributed by atoms with Gasteiger partial charge < -0.3 is 15.4 Å². The molecule has 1 aliphatic heterocycles. The fourth-order valence-corrected chi connectivity index (χ4v) is 2.02. The quantitative estimate of drug-likeness (QED) is 0.611. The molecule has 1 unspecified atom stereocenters. The van der Waals surface area contributed by atoms with E-state index < -0.39 is 0 Å². The fraction of sp³-hybridized carbons (Fsp3) is 0.923. The number of carbonyl (C=O) groups is 1. The van der Waals surface area contributed by atoms with Crippen molar-refractivity contribution in [3.8, 4) is 0 Å². The molecule has 18 heavy (non-hydrogen) atoms. The summed E-state index contributed by atoms with van der Waals surface area (Å²) in [4.78, 5) is 14.1. The van der Waals surface area contributed by atoms with Crippen molar-refractivity contribution in [2.24, 2.45) is 0 Å². The smallest absolute Gasteiger partial charge is 0.237 e. The first kappa shape index (κ1) is 15.4. The van der Waals surface area contributed by atoms with Crippen LogP contribution in [0, 0.1) is 0 Å². The minimum atomic E-state index is -0.0244. The Balaban J connectivity index is 2.07. The summed E-state index contributed by atoms with van der Waals surface area (Å²) in [5.41, 5.74) is 0. The minimum Gasteiger partial charge on any atom is -0.381 e. The van der Waals surface area contributed by atoms with Crippen molar-refractivity contribution in [3.63, 3.8) is 0 Å². The molecule has 2 N–H and O–H groups in total. The van der Waals surface area contributed by atoms with E-state index in [2.05, 4.69) is 22.5 Å². The number of hydrogen-bond acceptors (Lipinski definition) is 4. The first-order chi connectivity index (χ1) is 8.75. The molecule has 0 aromatic heterocycles. The molecule has 0 aromatic carbocycles. The van der Waals surface area contributed by atoms with Gasteiger partial charge in [-0.1, -0.05) is 6.92 Å². The Morgan fingerprint density at radius 1 is 1.39 bits per heavy atom. The molecule has 106 valence electrons. The highest BCUT2D eigenvalue weighted by Gasteiger charge is 2.21. The topological polar surface area (TPSA) is 53.6 Å². The zero-order valence-corrected chi connectivity index (χ0v) is 11.7. The van der Waals surface area contributed by atoms with Crippen molar-refractivity contribution in [1.29, 1.82) is 0 Å². The minimum absolute atomic E-state index is 0.0244. The van der Waals surface area contributed by atoms with E-state index in [9.17, 15) is 4.79 Å². The van der Waals surface area contributed by atoms with E-state index >= 15 is 0 Å². The number of carbonyl (C=O) groups excluding carboxylic acids is 1. The molecule has 1 aliphatic rings. The monoisotopic (exact) mass is 257 g/mol. The van der Waals surface area contributed by atoms with Gasteiger partial charge in [0.15, 0.2) is 0 Å². The van der Waals surface area contributed by atoms with Crippen LogP contribution in [0.15, 0.2) is 0 Å². The number of rotatable bonds is 8. The van der Waals surface area contributed by atoms with Gasteiger partial charge in [0.05, 0.1) is 6.04 Å². The molecule has 0 spiro atoms. The van der Waals surface area contributed by atoms with Crippen molar-refractivity contribution >= 4 is 5.91 Å². The van der Waals surface area contributed by atoms with Crippen LogP contribution in [0.3, 0.4) is 0 Å². The van der Waals surface area contributed by atoms with Crippen molar-refractivity contribution < 1.29 is 9.53 Å². The van der Waals surface area contributed by atoms with E-state index in [-0.39, 0.29) is 11.9 Å². The Bertz CT molecular complexity index is 230. The van der Waals surface area contributed by atoms with Gasteiger partial charge in [0.25, 0.3) is 0 Å². The number of hydrogen-bond donors (Lipinski definition) is 2. The highest BCUT2D eigenvalue weighted by atomic mass is 16.5. The zero-order chi connectivity index (χ0) is 13.2. The molecular formula is C13H27N3O2. The first-order valence-electron chi connectivity index (χ1n) is 7.06. The van der Waals surface area contributed by atoms with Crippen LogP contribution >= 0.6 is 0 Å². The molecule has 5 nitrogen and oxygen atoms in total. The van der Waals surface area contributed by atoms with Crippen LogP contribution < -0.4 is 10.6 Å². The van der Waals surface area contributed by atoms with Gasteiger partial charge in [-0.05, 0) is 19.8 Å². The zero-order valence-electron chi connectivity index (χ0n) is 11.7. The summed E-state index contributed by atoms with van der Waals surface area (Å²) in [5, 5.41) is 6.27. The molecule has 0 aliphatic carbocycles. The van der Waals surface area contributed by atoms with Gasteiger partial charge in [0, 0.05) is 45.9 Å². The molecule has 0 radical (unpaired) electrons. The third-order valence-corrected chi connectivity index (χ3v) is 3.19. The molecule has 0 bridgehead atoms. The summed E-state index contributed by atoms with van der Waals surface area (Å²) in [5.74, 6) is 0.132. The summed E-state index contributed by atoms with van der Waals surface area (Å²) in [7, 11) is 0. The maximum Gasteiger partial charge on any atom is 0.237 e. The van der Waals surface area contributed by atoms with Gasteiger partial charge in [-0.3, -0.25) is 9.69 Å². The Hall–Kier alpha value is -0.650. The molecule has 1 fully saturated rings. The average Bonchev–Trinajstić information content (AvgIpc) is 2.42. The third kappa shape index (κ3) is 5.80. The average molecular weight is 257 g/mol. The second kappa shape index (κ2) is 9.30. The summed E-state index contributed by atoms with van der Waals surface area (Å²) in [6.45, 7) is 10.2. The molecule has 1 rings (SSSR count). The van der Waals surface area contributed by atoms with Crippen LogP contribution in [0.2, 0.25) is 0 Å². The lowest BCUT2D eigenvalue weighted by Gasteiger charge is -2.31. The van der Waals surface area contributed by atoms with Crippen LogP contribution in [0.5, 0.6) is 0 Å². The van der Waals surface area contributed by atoms with E-state index in [4.69, 9.17) is 4.74 Å². The molecule has 1 atom stereocenters. The number of piperazine rings is 1. The van der Waals surface area contributed by atoms with E-state index in [1.165, 1.54) is 0 Å². The predicted molar refractivity (Wildman–Crippen MR) is 72.6 cm³/mol. The molecule has 1 saturated heterocycles. The van der Waals surface area contributed by atoms with Crippen LogP contribution in [0.25, 0.3) is 0 Å². The summed E-state index contributed by atoms with van der Waals surface area (Å²) in [6.07, 6.45) is 1.94. The lowest BCUT2D eigenvalue weighted by molar-refractivity contribution is -0.126. The van der Waals surface area contributed by atoms with Crippen molar-refractivity contribution in [1.82, 2.24) is 15.5 Å². The fourth-order valence-electron chi connectivity index (χ4n) is 2.02. The van der Waals surface area contributed by atoms with Gasteiger partial charge >= 0.3 is 0 Å². The van der Waals surface area contributed by atoms with E-state index in [1.54, 1.807) is 0 Å². The van der Waals surface area contributed by atoms with Crippen LogP contribution in [0.4, 0.5) is 0 Å². The Labute approximate surface area is 110 Å². The number of nitrogens with zero attached hydrogens (tertiary/aromatic N) is 1. The van der Waals surface area contributed by atoms with Crippen LogP contribution in [0.1, 0.15) is 26.7 Å². The molecule has 0 saturated carbocycles. The van der Waals surface area contributed by atoms with Crippen LogP contribution in [-0.2, 0) is 9.53 Å². The van der Waals surface area contributed by atoms with Crippen molar-refractivity contribution in [2.75, 3.05) is 45.9 Å². The largest absolute Gasteiger partial charge is 0.381 e. The highest BCUT2D eigenvalue weighted by molar-refractivity contribution is 5.81. The maximum atomic E-state index is 11.9. The SMILES string of the molecule is CCCOCCCNC(=O)C(C)N1CCNCC1. The van der Waals surface area contributed by atoms with Crippen molar-refractivity contribution in [2.45, 2.75) is 32.7 Å². The number of amides is 1. The summed E-state index contributed by atoms with van der Waals surface area (Å²) in [6, 6.07) is -0.0244. The second-order valence-corrected chi connectivity index (χ2v) is 4.72. The molecule has 1 amide bonds. The van der Waals surface area contributed by atoms with E-state index in [0.29, 0.717) is 6.54 Å². The normalized spacial score (nSPS) is 18.6. The first-order valence-corrected chi connectivity index (χ1v) is 7.06. The van der Waals surface area contributed by atoms with Crippen molar-refractivity contribution in [3.05, 3.63) is 0 Å². The van der Waals surface area contributed by atoms with E-state index in [1.807, 2.05) is 6.92 Å². The molecule has 0 aromatic rings. The third-order valence-electron chi connectivity index (χ3n) is 3.19. The standard InChI is InChI=1S/C13H27N3O2/c1-3-10-18-11-4-5-15-13(17)12(2)16-8-6-14-7-9-16/h12,14H,3-11H2,1-2H3,(H,15,17). The lowest BCUT2D eigenvalue weighted by atomic mass is 10.2. The van der Waals surface area contributed by atoms with Gasteiger partial charge in [0.2, 0.25) is 5.91 Å². The van der Waals surface area contributed by atoms with Gasteiger partial charge in [0.1, 0.15) is 0 Å². The Kier molecular flexibility index (Phi) is 7.96. The molecule has 5 heteroatoms. The summed E-state index contributed by atoms with van der Waals surface area (Å²) >= 11 is 0. The molecular weight excluding hydrogens is 230 g/mol. The van der Waals surface area contributed by atoms with Gasteiger partial charge in [-0.15, -0.1) is 0 Å². The molecule has 1 heterocycles. The Morgan fingerprint density at radius 2 is 2.11 bits per heavy atom. The lowest BCUT2D eigenvalue weighted by Crippen LogP contribution is -2.52. The van der Waals surface area contributed by atoms with E-state index in [0.717, 1.165) is 52.2 Å². The van der Waals surface area contributed by atoms with Crippen LogP contribution in [-0.4, -0.2) is 62.8 Å². The predicted octanol–water partition coefficient (Wildman–Crippen LogP) is 0.213. The highest BCUT2D eigenvalue weighted by Crippen LogP contribution is 2.00. The maximum absolute atomic E-state index is 11.9. The van der Waals surface area contributed by atoms with Gasteiger partial charge in [-0.25, -0.2) is 0 Å².